The van der Waals surface area contributed by atoms with Crippen LogP contribution in [0.3, 0.4) is 0 Å². The first-order valence-electron chi connectivity index (χ1n) is 5.73. The predicted molar refractivity (Wildman–Crippen MR) is 72.4 cm³/mol. The van der Waals surface area contributed by atoms with Crippen molar-refractivity contribution in [3.8, 4) is 5.69 Å². The number of benzene rings is 2. The van der Waals surface area contributed by atoms with Gasteiger partial charge in [0.15, 0.2) is 0 Å². The molecule has 1 heterocycles. The van der Waals surface area contributed by atoms with E-state index < -0.39 is 5.97 Å². The Hall–Kier alpha value is -2.82. The van der Waals surface area contributed by atoms with Gasteiger partial charge in [-0.15, -0.1) is 0 Å². The molecule has 3 rings (SSSR count). The molecule has 0 spiro atoms. The second-order valence-corrected chi connectivity index (χ2v) is 4.19. The summed E-state index contributed by atoms with van der Waals surface area (Å²) in [6.07, 6.45) is 1.72. The van der Waals surface area contributed by atoms with Crippen LogP contribution < -0.4 is 5.73 Å². The summed E-state index contributed by atoms with van der Waals surface area (Å²) in [6.45, 7) is 0. The molecule has 3 aromatic rings. The second kappa shape index (κ2) is 4.13. The van der Waals surface area contributed by atoms with E-state index in [1.807, 2.05) is 24.3 Å². The van der Waals surface area contributed by atoms with Gasteiger partial charge in [-0.3, -0.25) is 0 Å². The normalized spacial score (nSPS) is 10.7. The number of anilines is 1. The van der Waals surface area contributed by atoms with Crippen LogP contribution in [-0.2, 0) is 0 Å². The van der Waals surface area contributed by atoms with Gasteiger partial charge >= 0.3 is 5.97 Å². The average molecular weight is 253 g/mol. The van der Waals surface area contributed by atoms with Gasteiger partial charge in [-0.1, -0.05) is 18.2 Å². The third-order valence-corrected chi connectivity index (χ3v) is 2.98. The molecule has 0 saturated carbocycles. The summed E-state index contributed by atoms with van der Waals surface area (Å²) in [6, 6.07) is 12.3. The number of nitrogens with two attached hydrogens (primary N) is 1. The van der Waals surface area contributed by atoms with Crippen LogP contribution in [0.5, 0.6) is 0 Å². The zero-order chi connectivity index (χ0) is 13.4. The molecule has 0 amide bonds. The van der Waals surface area contributed by atoms with E-state index in [1.54, 1.807) is 16.9 Å². The number of aromatic nitrogens is 2. The van der Waals surface area contributed by atoms with Crippen molar-refractivity contribution >= 4 is 22.6 Å². The van der Waals surface area contributed by atoms with Crippen molar-refractivity contribution < 1.29 is 9.90 Å². The van der Waals surface area contributed by atoms with Crippen LogP contribution in [0.15, 0.2) is 48.7 Å². The molecule has 5 heteroatoms. The van der Waals surface area contributed by atoms with Crippen molar-refractivity contribution in [3.63, 3.8) is 0 Å². The summed E-state index contributed by atoms with van der Waals surface area (Å²) in [4.78, 5) is 11.0. The third-order valence-electron chi connectivity index (χ3n) is 2.98. The minimum absolute atomic E-state index is 0.184. The lowest BCUT2D eigenvalue weighted by molar-refractivity contribution is 0.0697. The minimum atomic E-state index is -0.988. The third kappa shape index (κ3) is 1.81. The van der Waals surface area contributed by atoms with Crippen LogP contribution in [0.25, 0.3) is 16.6 Å². The Kier molecular flexibility index (Phi) is 2.45. The Bertz CT molecular complexity index is 777. The van der Waals surface area contributed by atoms with Gasteiger partial charge in [-0.2, -0.15) is 5.10 Å². The number of carboxylic acid groups (broad SMARTS) is 1. The smallest absolute Gasteiger partial charge is 0.335 e. The number of nitrogens with zero attached hydrogens (tertiary/aromatic N) is 2. The van der Waals surface area contributed by atoms with Crippen molar-refractivity contribution in [1.29, 1.82) is 0 Å². The lowest BCUT2D eigenvalue weighted by Crippen LogP contribution is -2.04. The van der Waals surface area contributed by atoms with E-state index in [-0.39, 0.29) is 5.56 Å². The summed E-state index contributed by atoms with van der Waals surface area (Å²) in [7, 11) is 0. The highest BCUT2D eigenvalue weighted by Crippen LogP contribution is 2.23. The molecule has 19 heavy (non-hydrogen) atoms. The lowest BCUT2D eigenvalue weighted by Gasteiger charge is -2.08. The zero-order valence-corrected chi connectivity index (χ0v) is 9.95. The van der Waals surface area contributed by atoms with Gasteiger partial charge in [0.2, 0.25) is 0 Å². The molecule has 0 bridgehead atoms. The van der Waals surface area contributed by atoms with E-state index >= 15 is 0 Å². The molecule has 0 aliphatic carbocycles. The number of fused-ring (bicyclic) bond motifs is 1. The van der Waals surface area contributed by atoms with E-state index in [1.165, 1.54) is 12.1 Å². The molecule has 0 aliphatic rings. The van der Waals surface area contributed by atoms with E-state index in [0.29, 0.717) is 11.4 Å². The first kappa shape index (κ1) is 11.3. The fraction of sp³-hybridized carbons (Fsp3) is 0. The summed E-state index contributed by atoms with van der Waals surface area (Å²) < 4.78 is 1.65. The number of nitrogen functional groups attached to an aromatic ring is 1. The fourth-order valence-electron chi connectivity index (χ4n) is 2.02. The standard InChI is InChI=1S/C14H11N3O2/c15-11-6-5-9(14(18)19)7-13(11)17-12-4-2-1-3-10(12)8-16-17/h1-8H,15H2,(H,18,19). The van der Waals surface area contributed by atoms with Crippen molar-refractivity contribution in [2.75, 3.05) is 5.73 Å². The number of aromatic carboxylic acids is 1. The van der Waals surface area contributed by atoms with E-state index in [4.69, 9.17) is 10.8 Å². The molecule has 1 aromatic heterocycles. The number of carbonyl (C=O) groups is 1. The molecule has 3 N–H and O–H groups in total. The van der Waals surface area contributed by atoms with Gasteiger partial charge in [-0.05, 0) is 24.3 Å². The maximum Gasteiger partial charge on any atom is 0.335 e. The Balaban J connectivity index is 2.26. The van der Waals surface area contributed by atoms with Crippen molar-refractivity contribution in [1.82, 2.24) is 9.78 Å². The first-order chi connectivity index (χ1) is 9.16. The highest BCUT2D eigenvalue weighted by atomic mass is 16.4. The molecule has 0 fully saturated rings. The monoisotopic (exact) mass is 253 g/mol. The highest BCUT2D eigenvalue weighted by molar-refractivity contribution is 5.90. The maximum absolute atomic E-state index is 11.0. The average Bonchev–Trinajstić information content (AvgIpc) is 2.83. The summed E-state index contributed by atoms with van der Waals surface area (Å²) in [5.41, 5.74) is 8.04. The lowest BCUT2D eigenvalue weighted by atomic mass is 10.1. The number of para-hydroxylation sites is 1. The van der Waals surface area contributed by atoms with E-state index in [2.05, 4.69) is 5.10 Å². The highest BCUT2D eigenvalue weighted by Gasteiger charge is 2.11. The van der Waals surface area contributed by atoms with Gasteiger partial charge in [0.25, 0.3) is 0 Å². The van der Waals surface area contributed by atoms with Gasteiger partial charge in [0, 0.05) is 5.39 Å². The SMILES string of the molecule is Nc1ccc(C(=O)O)cc1-n1ncc2ccccc21. The van der Waals surface area contributed by atoms with E-state index in [9.17, 15) is 4.79 Å². The van der Waals surface area contributed by atoms with Crippen molar-refractivity contribution in [2.45, 2.75) is 0 Å². The molecule has 0 radical (unpaired) electrons. The van der Waals surface area contributed by atoms with Crippen LogP contribution in [0.2, 0.25) is 0 Å². The molecule has 0 unspecified atom stereocenters. The number of hydrogen-bond donors (Lipinski definition) is 2. The minimum Gasteiger partial charge on any atom is -0.478 e. The molecule has 0 saturated heterocycles. The van der Waals surface area contributed by atoms with Crippen LogP contribution in [0.1, 0.15) is 10.4 Å². The molecule has 0 aliphatic heterocycles. The quantitative estimate of drug-likeness (QED) is 0.687. The van der Waals surface area contributed by atoms with Gasteiger partial charge in [0.1, 0.15) is 0 Å². The summed E-state index contributed by atoms with van der Waals surface area (Å²) in [5.74, 6) is -0.988. The Morgan fingerprint density at radius 1 is 1.21 bits per heavy atom. The number of carboxylic acids is 1. The first-order valence-corrected chi connectivity index (χ1v) is 5.73. The Labute approximate surface area is 108 Å². The van der Waals surface area contributed by atoms with Crippen LogP contribution in [0, 0.1) is 0 Å². The zero-order valence-electron chi connectivity index (χ0n) is 9.95. The van der Waals surface area contributed by atoms with Gasteiger partial charge in [-0.25, -0.2) is 9.48 Å². The predicted octanol–water partition coefficient (Wildman–Crippen LogP) is 2.31. The summed E-state index contributed by atoms with van der Waals surface area (Å²) in [5, 5.41) is 14.3. The van der Waals surface area contributed by atoms with Gasteiger partial charge < -0.3 is 10.8 Å². The maximum atomic E-state index is 11.0. The Morgan fingerprint density at radius 3 is 2.79 bits per heavy atom. The second-order valence-electron chi connectivity index (χ2n) is 4.19. The molecule has 94 valence electrons. The van der Waals surface area contributed by atoms with Crippen molar-refractivity contribution in [2.24, 2.45) is 0 Å². The fourth-order valence-corrected chi connectivity index (χ4v) is 2.02. The van der Waals surface area contributed by atoms with Crippen LogP contribution in [0.4, 0.5) is 5.69 Å². The molecule has 0 atom stereocenters. The van der Waals surface area contributed by atoms with E-state index in [0.717, 1.165) is 10.9 Å². The molecule has 2 aromatic carbocycles. The molecular weight excluding hydrogens is 242 g/mol. The van der Waals surface area contributed by atoms with Crippen LogP contribution in [-0.4, -0.2) is 20.9 Å². The number of rotatable bonds is 2. The largest absolute Gasteiger partial charge is 0.478 e. The summed E-state index contributed by atoms with van der Waals surface area (Å²) >= 11 is 0. The topological polar surface area (TPSA) is 81.1 Å². The number of hydrogen-bond acceptors (Lipinski definition) is 3. The molecule has 5 nitrogen and oxygen atoms in total. The van der Waals surface area contributed by atoms with Gasteiger partial charge in [0.05, 0.1) is 28.7 Å². The van der Waals surface area contributed by atoms with Crippen molar-refractivity contribution in [3.05, 3.63) is 54.2 Å². The van der Waals surface area contributed by atoms with Crippen LogP contribution >= 0.6 is 0 Å². The molecular formula is C14H11N3O2. The Morgan fingerprint density at radius 2 is 2.00 bits per heavy atom.